The predicted molar refractivity (Wildman–Crippen MR) is 112 cm³/mol. The molecule has 0 atom stereocenters. The van der Waals surface area contributed by atoms with Crippen molar-refractivity contribution in [3.05, 3.63) is 11.8 Å². The Balaban J connectivity index is 1.37. The Kier molecular flexibility index (Phi) is 5.99. The fourth-order valence-corrected chi connectivity index (χ4v) is 4.45. The zero-order valence-corrected chi connectivity index (χ0v) is 17.6. The highest BCUT2D eigenvalue weighted by Crippen LogP contribution is 2.25. The third-order valence-corrected chi connectivity index (χ3v) is 6.42. The van der Waals surface area contributed by atoms with E-state index in [0.717, 1.165) is 56.7 Å². The third-order valence-electron chi connectivity index (χ3n) is 6.42. The lowest BCUT2D eigenvalue weighted by Crippen LogP contribution is -2.51. The maximum Gasteiger partial charge on any atom is 0.227 e. The second-order valence-electron chi connectivity index (χ2n) is 8.58. The normalized spacial score (nSPS) is 22.3. The standard InChI is InChI=1S/C21H32N6O2/c1-16-15-19(25-9-7-24(2)8-10-25)23-21(22-16)27-13-11-26(12-14-27)20(29)17-3-5-18(28)6-4-17/h15,17H,3-14H2,1-2H3. The minimum atomic E-state index is 0.0262. The summed E-state index contributed by atoms with van der Waals surface area (Å²) in [5.74, 6) is 2.32. The van der Waals surface area contributed by atoms with Gasteiger partial charge in [0, 0.05) is 82.9 Å². The van der Waals surface area contributed by atoms with Crippen LogP contribution in [0.25, 0.3) is 0 Å². The van der Waals surface area contributed by atoms with Crippen molar-refractivity contribution in [1.82, 2.24) is 19.8 Å². The van der Waals surface area contributed by atoms with Crippen LogP contribution in [-0.2, 0) is 9.59 Å². The van der Waals surface area contributed by atoms with Crippen LogP contribution in [0, 0.1) is 12.8 Å². The van der Waals surface area contributed by atoms with Gasteiger partial charge in [-0.3, -0.25) is 9.59 Å². The molecule has 0 unspecified atom stereocenters. The first-order valence-electron chi connectivity index (χ1n) is 10.8. The van der Waals surface area contributed by atoms with E-state index in [1.54, 1.807) is 0 Å². The summed E-state index contributed by atoms with van der Waals surface area (Å²) >= 11 is 0. The van der Waals surface area contributed by atoms with Crippen LogP contribution >= 0.6 is 0 Å². The summed E-state index contributed by atoms with van der Waals surface area (Å²) in [4.78, 5) is 42.6. The van der Waals surface area contributed by atoms with E-state index in [4.69, 9.17) is 4.98 Å². The molecule has 2 saturated heterocycles. The molecule has 3 aliphatic rings. The van der Waals surface area contributed by atoms with Crippen molar-refractivity contribution in [2.24, 2.45) is 5.92 Å². The average molecular weight is 401 g/mol. The van der Waals surface area contributed by atoms with Gasteiger partial charge in [-0.05, 0) is 26.8 Å². The van der Waals surface area contributed by atoms with E-state index in [1.165, 1.54) is 0 Å². The predicted octanol–water partition coefficient (Wildman–Crippen LogP) is 0.945. The molecule has 29 heavy (non-hydrogen) atoms. The average Bonchev–Trinajstić information content (AvgIpc) is 2.74. The monoisotopic (exact) mass is 400 g/mol. The number of piperazine rings is 2. The van der Waals surface area contributed by atoms with Crippen molar-refractivity contribution >= 4 is 23.5 Å². The zero-order valence-electron chi connectivity index (χ0n) is 17.6. The number of amides is 1. The number of rotatable bonds is 3. The lowest BCUT2D eigenvalue weighted by molar-refractivity contribution is -0.137. The first-order valence-corrected chi connectivity index (χ1v) is 10.8. The molecule has 1 aromatic rings. The fraction of sp³-hybridized carbons (Fsp3) is 0.714. The molecule has 1 amide bonds. The quantitative estimate of drug-likeness (QED) is 0.748. The van der Waals surface area contributed by atoms with Crippen molar-refractivity contribution in [1.29, 1.82) is 0 Å². The molecule has 3 fully saturated rings. The van der Waals surface area contributed by atoms with E-state index < -0.39 is 0 Å². The van der Waals surface area contributed by atoms with Gasteiger partial charge in [0.15, 0.2) is 0 Å². The van der Waals surface area contributed by atoms with Crippen LogP contribution in [0.5, 0.6) is 0 Å². The number of aromatic nitrogens is 2. The third kappa shape index (κ3) is 4.69. The topological polar surface area (TPSA) is 72.9 Å². The van der Waals surface area contributed by atoms with Gasteiger partial charge in [-0.15, -0.1) is 0 Å². The summed E-state index contributed by atoms with van der Waals surface area (Å²) in [6.45, 7) is 8.99. The van der Waals surface area contributed by atoms with Crippen LogP contribution in [0.2, 0.25) is 0 Å². The molecule has 3 heterocycles. The van der Waals surface area contributed by atoms with Crippen LogP contribution < -0.4 is 9.80 Å². The highest BCUT2D eigenvalue weighted by molar-refractivity contribution is 5.84. The number of aryl methyl sites for hydroxylation is 1. The highest BCUT2D eigenvalue weighted by Gasteiger charge is 2.31. The fourth-order valence-electron chi connectivity index (χ4n) is 4.45. The van der Waals surface area contributed by atoms with Crippen LogP contribution in [0.1, 0.15) is 31.4 Å². The summed E-state index contributed by atoms with van der Waals surface area (Å²) in [5.41, 5.74) is 0.981. The Bertz CT molecular complexity index is 744. The molecule has 1 saturated carbocycles. The zero-order chi connectivity index (χ0) is 20.4. The van der Waals surface area contributed by atoms with Gasteiger partial charge in [-0.25, -0.2) is 4.98 Å². The van der Waals surface area contributed by atoms with Gasteiger partial charge < -0.3 is 19.6 Å². The van der Waals surface area contributed by atoms with Gasteiger partial charge in [0.05, 0.1) is 0 Å². The van der Waals surface area contributed by atoms with Crippen molar-refractivity contribution in [3.8, 4) is 0 Å². The minimum absolute atomic E-state index is 0.0262. The van der Waals surface area contributed by atoms with Crippen molar-refractivity contribution in [2.75, 3.05) is 69.2 Å². The van der Waals surface area contributed by atoms with E-state index in [-0.39, 0.29) is 11.8 Å². The maximum atomic E-state index is 12.8. The summed E-state index contributed by atoms with van der Waals surface area (Å²) in [6, 6.07) is 2.07. The molecule has 0 aromatic carbocycles. The number of carbonyl (C=O) groups excluding carboxylic acids is 2. The van der Waals surface area contributed by atoms with E-state index in [0.29, 0.717) is 44.6 Å². The number of anilines is 2. The number of hydrogen-bond acceptors (Lipinski definition) is 7. The van der Waals surface area contributed by atoms with Gasteiger partial charge in [0.1, 0.15) is 11.6 Å². The van der Waals surface area contributed by atoms with Crippen molar-refractivity contribution in [2.45, 2.75) is 32.6 Å². The number of likely N-dealkylation sites (N-methyl/N-ethyl adjacent to an activating group) is 1. The van der Waals surface area contributed by atoms with Gasteiger partial charge in [0.25, 0.3) is 0 Å². The van der Waals surface area contributed by atoms with Crippen molar-refractivity contribution < 1.29 is 9.59 Å². The molecule has 2 aliphatic heterocycles. The number of Topliss-reactive ketones (excluding diaryl/α,β-unsaturated/α-hetero) is 1. The molecule has 4 rings (SSSR count). The second-order valence-corrected chi connectivity index (χ2v) is 8.58. The molecule has 0 radical (unpaired) electrons. The molecular formula is C21H32N6O2. The Labute approximate surface area is 172 Å². The molecule has 0 spiro atoms. The molecule has 8 nitrogen and oxygen atoms in total. The largest absolute Gasteiger partial charge is 0.354 e. The van der Waals surface area contributed by atoms with Crippen LogP contribution in [0.3, 0.4) is 0 Å². The lowest BCUT2D eigenvalue weighted by Gasteiger charge is -2.38. The molecule has 1 aromatic heterocycles. The van der Waals surface area contributed by atoms with Crippen LogP contribution in [0.4, 0.5) is 11.8 Å². The Morgan fingerprint density at radius 2 is 1.55 bits per heavy atom. The number of nitrogens with zero attached hydrogens (tertiary/aromatic N) is 6. The molecule has 0 N–H and O–H groups in total. The highest BCUT2D eigenvalue weighted by atomic mass is 16.2. The van der Waals surface area contributed by atoms with Crippen molar-refractivity contribution in [3.63, 3.8) is 0 Å². The molecular weight excluding hydrogens is 368 g/mol. The minimum Gasteiger partial charge on any atom is -0.354 e. The van der Waals surface area contributed by atoms with Gasteiger partial charge in [-0.1, -0.05) is 0 Å². The maximum absolute atomic E-state index is 12.8. The summed E-state index contributed by atoms with van der Waals surface area (Å²) in [7, 11) is 2.15. The number of ketones is 1. The summed E-state index contributed by atoms with van der Waals surface area (Å²) in [6.07, 6.45) is 2.55. The Morgan fingerprint density at radius 3 is 2.21 bits per heavy atom. The molecule has 8 heteroatoms. The SMILES string of the molecule is Cc1cc(N2CCN(C)CC2)nc(N2CCN(C(=O)C3CCC(=O)CC3)CC2)n1. The summed E-state index contributed by atoms with van der Waals surface area (Å²) in [5, 5.41) is 0. The smallest absolute Gasteiger partial charge is 0.227 e. The molecule has 0 bridgehead atoms. The van der Waals surface area contributed by atoms with E-state index in [1.807, 2.05) is 11.8 Å². The lowest BCUT2D eigenvalue weighted by atomic mass is 9.87. The van der Waals surface area contributed by atoms with Gasteiger partial charge in [-0.2, -0.15) is 4.98 Å². The first-order chi connectivity index (χ1) is 14.0. The first kappa shape index (κ1) is 20.1. The van der Waals surface area contributed by atoms with Gasteiger partial charge >= 0.3 is 0 Å². The molecule has 158 valence electrons. The Hall–Kier alpha value is -2.22. The Morgan fingerprint density at radius 1 is 0.931 bits per heavy atom. The van der Waals surface area contributed by atoms with E-state index in [9.17, 15) is 9.59 Å². The van der Waals surface area contributed by atoms with Crippen LogP contribution in [0.15, 0.2) is 6.07 Å². The second kappa shape index (κ2) is 8.65. The number of carbonyl (C=O) groups is 2. The van der Waals surface area contributed by atoms with E-state index in [2.05, 4.69) is 32.8 Å². The van der Waals surface area contributed by atoms with Gasteiger partial charge in [0.2, 0.25) is 11.9 Å². The number of hydrogen-bond donors (Lipinski definition) is 0. The summed E-state index contributed by atoms with van der Waals surface area (Å²) < 4.78 is 0. The van der Waals surface area contributed by atoms with Crippen LogP contribution in [-0.4, -0.2) is 90.9 Å². The molecule has 1 aliphatic carbocycles. The van der Waals surface area contributed by atoms with E-state index >= 15 is 0 Å².